The molecule has 0 atom stereocenters. The summed E-state index contributed by atoms with van der Waals surface area (Å²) in [6.07, 6.45) is -0.122. The second-order valence-electron chi connectivity index (χ2n) is 3.34. The van der Waals surface area contributed by atoms with E-state index in [-0.39, 0.29) is 18.0 Å². The predicted molar refractivity (Wildman–Crippen MR) is 59.2 cm³/mol. The van der Waals surface area contributed by atoms with Crippen molar-refractivity contribution in [2.24, 2.45) is 0 Å². The van der Waals surface area contributed by atoms with Crippen molar-refractivity contribution < 1.29 is 19.1 Å². The zero-order chi connectivity index (χ0) is 12.1. The molecule has 0 bridgehead atoms. The van der Waals surface area contributed by atoms with Crippen LogP contribution >= 0.6 is 0 Å². The van der Waals surface area contributed by atoms with E-state index in [9.17, 15) is 9.59 Å². The molecule has 0 aromatic heterocycles. The highest BCUT2D eigenvalue weighted by Crippen LogP contribution is 2.31. The Morgan fingerprint density at radius 3 is 2.38 bits per heavy atom. The molecule has 0 N–H and O–H groups in total. The minimum absolute atomic E-state index is 0.122. The Hall–Kier alpha value is -1.84. The molecule has 1 aromatic carbocycles. The van der Waals surface area contributed by atoms with E-state index in [1.807, 2.05) is 0 Å². The maximum absolute atomic E-state index is 11.7. The van der Waals surface area contributed by atoms with Gasteiger partial charge in [0.25, 0.3) is 0 Å². The summed E-state index contributed by atoms with van der Waals surface area (Å²) in [4.78, 5) is 22.6. The molecule has 0 aliphatic carbocycles. The number of rotatable bonds is 5. The molecule has 4 heteroatoms. The van der Waals surface area contributed by atoms with Gasteiger partial charge < -0.3 is 9.47 Å². The van der Waals surface area contributed by atoms with Crippen LogP contribution in [0.5, 0.6) is 11.5 Å². The molecule has 0 saturated heterocycles. The number of carbonyl (C=O) groups is 2. The SMILES string of the molecule is COc1cccc(C(=O)CC(C)=O)c1OC. The summed E-state index contributed by atoms with van der Waals surface area (Å²) in [5, 5.41) is 0. The van der Waals surface area contributed by atoms with Crippen molar-refractivity contribution in [3.05, 3.63) is 23.8 Å². The van der Waals surface area contributed by atoms with Gasteiger partial charge in [-0.2, -0.15) is 0 Å². The van der Waals surface area contributed by atoms with Crippen molar-refractivity contribution in [1.82, 2.24) is 0 Å². The number of ketones is 2. The Morgan fingerprint density at radius 1 is 1.19 bits per heavy atom. The number of ether oxygens (including phenoxy) is 2. The van der Waals surface area contributed by atoms with Crippen LogP contribution in [-0.2, 0) is 4.79 Å². The third-order valence-electron chi connectivity index (χ3n) is 2.11. The number of carbonyl (C=O) groups excluding carboxylic acids is 2. The second-order valence-corrected chi connectivity index (χ2v) is 3.34. The maximum Gasteiger partial charge on any atom is 0.174 e. The van der Waals surface area contributed by atoms with E-state index in [0.717, 1.165) is 0 Å². The van der Waals surface area contributed by atoms with Gasteiger partial charge in [-0.05, 0) is 19.1 Å². The summed E-state index contributed by atoms with van der Waals surface area (Å²) < 4.78 is 10.2. The van der Waals surface area contributed by atoms with Gasteiger partial charge >= 0.3 is 0 Å². The topological polar surface area (TPSA) is 52.6 Å². The third kappa shape index (κ3) is 2.59. The highest BCUT2D eigenvalue weighted by atomic mass is 16.5. The van der Waals surface area contributed by atoms with Crippen LogP contribution in [0, 0.1) is 0 Å². The van der Waals surface area contributed by atoms with Crippen molar-refractivity contribution in [3.8, 4) is 11.5 Å². The first-order valence-corrected chi connectivity index (χ1v) is 4.83. The Labute approximate surface area is 94.2 Å². The van der Waals surface area contributed by atoms with Crippen LogP contribution < -0.4 is 9.47 Å². The number of hydrogen-bond acceptors (Lipinski definition) is 4. The molecule has 1 aromatic rings. The van der Waals surface area contributed by atoms with Crippen molar-refractivity contribution in [2.45, 2.75) is 13.3 Å². The molecule has 1 rings (SSSR count). The lowest BCUT2D eigenvalue weighted by Crippen LogP contribution is -2.07. The molecule has 86 valence electrons. The van der Waals surface area contributed by atoms with Gasteiger partial charge in [-0.3, -0.25) is 9.59 Å². The molecular weight excluding hydrogens is 208 g/mol. The van der Waals surface area contributed by atoms with E-state index < -0.39 is 0 Å². The summed E-state index contributed by atoms with van der Waals surface area (Å²) in [5.74, 6) is 0.422. The monoisotopic (exact) mass is 222 g/mol. The Balaban J connectivity index is 3.12. The summed E-state index contributed by atoms with van der Waals surface area (Å²) in [6.45, 7) is 1.38. The van der Waals surface area contributed by atoms with E-state index in [1.165, 1.54) is 21.1 Å². The molecular formula is C12H14O4. The van der Waals surface area contributed by atoms with E-state index >= 15 is 0 Å². The highest BCUT2D eigenvalue weighted by Gasteiger charge is 2.17. The molecule has 16 heavy (non-hydrogen) atoms. The smallest absolute Gasteiger partial charge is 0.174 e. The van der Waals surface area contributed by atoms with Crippen LogP contribution in [0.2, 0.25) is 0 Å². The summed E-state index contributed by atoms with van der Waals surface area (Å²) in [7, 11) is 2.96. The van der Waals surface area contributed by atoms with Gasteiger partial charge in [-0.15, -0.1) is 0 Å². The van der Waals surface area contributed by atoms with Crippen LogP contribution in [0.3, 0.4) is 0 Å². The largest absolute Gasteiger partial charge is 0.493 e. The lowest BCUT2D eigenvalue weighted by molar-refractivity contribution is -0.116. The fourth-order valence-corrected chi connectivity index (χ4v) is 1.43. The Morgan fingerprint density at radius 2 is 1.88 bits per heavy atom. The molecule has 0 aliphatic rings. The summed E-state index contributed by atoms with van der Waals surface area (Å²) >= 11 is 0. The molecule has 0 aliphatic heterocycles. The van der Waals surface area contributed by atoms with Crippen LogP contribution in [-0.4, -0.2) is 25.8 Å². The molecule has 0 fully saturated rings. The van der Waals surface area contributed by atoms with Gasteiger partial charge in [0.2, 0.25) is 0 Å². The van der Waals surface area contributed by atoms with Gasteiger partial charge in [0, 0.05) is 0 Å². The van der Waals surface area contributed by atoms with Crippen molar-refractivity contribution in [3.63, 3.8) is 0 Å². The van der Waals surface area contributed by atoms with E-state index in [1.54, 1.807) is 18.2 Å². The van der Waals surface area contributed by atoms with Crippen molar-refractivity contribution >= 4 is 11.6 Å². The molecule has 0 heterocycles. The average Bonchev–Trinajstić information content (AvgIpc) is 2.26. The van der Waals surface area contributed by atoms with E-state index in [4.69, 9.17) is 9.47 Å². The number of para-hydroxylation sites is 1. The normalized spacial score (nSPS) is 9.69. The number of methoxy groups -OCH3 is 2. The molecule has 4 nitrogen and oxygen atoms in total. The summed E-state index contributed by atoms with van der Waals surface area (Å²) in [6, 6.07) is 5.00. The van der Waals surface area contributed by atoms with Gasteiger partial charge in [0.1, 0.15) is 5.78 Å². The molecule has 0 saturated carbocycles. The fraction of sp³-hybridized carbons (Fsp3) is 0.333. The highest BCUT2D eigenvalue weighted by molar-refractivity contribution is 6.09. The lowest BCUT2D eigenvalue weighted by Gasteiger charge is -2.10. The quantitative estimate of drug-likeness (QED) is 0.563. The first-order valence-electron chi connectivity index (χ1n) is 4.83. The minimum Gasteiger partial charge on any atom is -0.493 e. The van der Waals surface area contributed by atoms with Crippen LogP contribution in [0.1, 0.15) is 23.7 Å². The van der Waals surface area contributed by atoms with Crippen LogP contribution in [0.15, 0.2) is 18.2 Å². The third-order valence-corrected chi connectivity index (χ3v) is 2.11. The first kappa shape index (κ1) is 12.2. The summed E-state index contributed by atoms with van der Waals surface area (Å²) in [5.41, 5.74) is 0.372. The van der Waals surface area contributed by atoms with Crippen LogP contribution in [0.4, 0.5) is 0 Å². The number of Topliss-reactive ketones (excluding diaryl/α,β-unsaturated/α-hetero) is 2. The van der Waals surface area contributed by atoms with E-state index in [0.29, 0.717) is 17.1 Å². The standard InChI is InChI=1S/C12H14O4/c1-8(13)7-10(14)9-5-4-6-11(15-2)12(9)16-3/h4-6H,7H2,1-3H3. The molecule has 0 amide bonds. The van der Waals surface area contributed by atoms with Crippen molar-refractivity contribution in [1.29, 1.82) is 0 Å². The van der Waals surface area contributed by atoms with Gasteiger partial charge in [-0.25, -0.2) is 0 Å². The van der Waals surface area contributed by atoms with Crippen molar-refractivity contribution in [2.75, 3.05) is 14.2 Å². The molecule has 0 radical (unpaired) electrons. The van der Waals surface area contributed by atoms with Gasteiger partial charge in [-0.1, -0.05) is 6.07 Å². The zero-order valence-corrected chi connectivity index (χ0v) is 9.57. The van der Waals surface area contributed by atoms with Gasteiger partial charge in [0.15, 0.2) is 17.3 Å². The number of hydrogen-bond donors (Lipinski definition) is 0. The maximum atomic E-state index is 11.7. The van der Waals surface area contributed by atoms with Crippen LogP contribution in [0.25, 0.3) is 0 Å². The lowest BCUT2D eigenvalue weighted by atomic mass is 10.0. The minimum atomic E-state index is -0.261. The molecule has 0 spiro atoms. The average molecular weight is 222 g/mol. The van der Waals surface area contributed by atoms with Gasteiger partial charge in [0.05, 0.1) is 26.2 Å². The number of benzene rings is 1. The first-order chi connectivity index (χ1) is 7.60. The predicted octanol–water partition coefficient (Wildman–Crippen LogP) is 1.87. The fourth-order valence-electron chi connectivity index (χ4n) is 1.43. The second kappa shape index (κ2) is 5.30. The van der Waals surface area contributed by atoms with E-state index in [2.05, 4.69) is 0 Å². The zero-order valence-electron chi connectivity index (χ0n) is 9.57. The Bertz CT molecular complexity index is 409. The molecule has 0 unspecified atom stereocenters. The Kier molecular flexibility index (Phi) is 4.05.